The molecule has 0 radical (unpaired) electrons. The number of hydroxylamine groups is 1. The van der Waals surface area contributed by atoms with Gasteiger partial charge in [-0.05, 0) is 51.8 Å². The Balaban J connectivity index is 1.83. The number of nitriles is 1. The van der Waals surface area contributed by atoms with Gasteiger partial charge in [-0.3, -0.25) is 19.6 Å². The maximum absolute atomic E-state index is 13.4. The number of nitrogens with zero attached hydrogens (tertiary/aromatic N) is 5. The van der Waals surface area contributed by atoms with Gasteiger partial charge in [0.25, 0.3) is 5.91 Å². The Hall–Kier alpha value is -3.25. The minimum absolute atomic E-state index is 0.178. The number of fused-ring (bicyclic) bond motifs is 1. The molecule has 9 heteroatoms. The molecule has 3 heterocycles. The third-order valence-electron chi connectivity index (χ3n) is 4.95. The number of hydrogen-bond acceptors (Lipinski definition) is 7. The lowest BCUT2D eigenvalue weighted by Crippen LogP contribution is -2.51. The molecule has 158 valence electrons. The molecule has 1 aliphatic heterocycles. The normalized spacial score (nSPS) is 16.0. The van der Waals surface area contributed by atoms with E-state index in [1.807, 2.05) is 0 Å². The first-order valence-corrected chi connectivity index (χ1v) is 9.68. The van der Waals surface area contributed by atoms with Gasteiger partial charge in [0.1, 0.15) is 22.2 Å². The van der Waals surface area contributed by atoms with Crippen LogP contribution in [0.25, 0.3) is 11.0 Å². The van der Waals surface area contributed by atoms with Crippen molar-refractivity contribution in [3.63, 3.8) is 0 Å². The van der Waals surface area contributed by atoms with Crippen LogP contribution >= 0.6 is 0 Å². The second-order valence-electron chi connectivity index (χ2n) is 8.14. The molecule has 0 saturated carbocycles. The highest BCUT2D eigenvalue weighted by molar-refractivity contribution is 6.03. The standard InChI is InChI=1S/C21H25N5O4/c1-20(2,3)30-19(28)25-12-8-21(14-22,9-13-25)18(27)26(29-4)16-7-11-23-15-6-5-10-24-17(15)16/h5-7,10-11H,8-9,12-13H2,1-4H3. The molecule has 0 N–H and O–H groups in total. The highest BCUT2D eigenvalue weighted by Gasteiger charge is 2.46. The van der Waals surface area contributed by atoms with Crippen molar-refractivity contribution in [2.24, 2.45) is 5.41 Å². The zero-order chi connectivity index (χ0) is 21.9. The van der Waals surface area contributed by atoms with Crippen molar-refractivity contribution in [2.75, 3.05) is 25.3 Å². The van der Waals surface area contributed by atoms with Crippen LogP contribution in [0.15, 0.2) is 30.6 Å². The number of rotatable bonds is 3. The van der Waals surface area contributed by atoms with Crippen LogP contribution in [0.2, 0.25) is 0 Å². The molecule has 0 aliphatic carbocycles. The van der Waals surface area contributed by atoms with Crippen molar-refractivity contribution < 1.29 is 19.2 Å². The monoisotopic (exact) mass is 411 g/mol. The van der Waals surface area contributed by atoms with Crippen LogP contribution in [-0.2, 0) is 14.4 Å². The molecule has 3 rings (SSSR count). The Kier molecular flexibility index (Phi) is 5.89. The van der Waals surface area contributed by atoms with Gasteiger partial charge >= 0.3 is 6.09 Å². The quantitative estimate of drug-likeness (QED) is 0.714. The first-order valence-electron chi connectivity index (χ1n) is 9.68. The molecular formula is C21H25N5O4. The van der Waals surface area contributed by atoms with E-state index in [1.54, 1.807) is 51.4 Å². The minimum Gasteiger partial charge on any atom is -0.444 e. The summed E-state index contributed by atoms with van der Waals surface area (Å²) in [7, 11) is 1.37. The minimum atomic E-state index is -1.32. The van der Waals surface area contributed by atoms with Gasteiger partial charge in [-0.25, -0.2) is 4.79 Å². The lowest BCUT2D eigenvalue weighted by Gasteiger charge is -2.38. The number of piperidine rings is 1. The summed E-state index contributed by atoms with van der Waals surface area (Å²) in [5.41, 5.74) is -0.417. The first kappa shape index (κ1) is 21.5. The van der Waals surface area contributed by atoms with Gasteiger partial charge in [0.05, 0.1) is 18.7 Å². The van der Waals surface area contributed by atoms with Gasteiger partial charge in [-0.2, -0.15) is 10.3 Å². The number of anilines is 1. The molecule has 1 saturated heterocycles. The summed E-state index contributed by atoms with van der Waals surface area (Å²) in [4.78, 5) is 41.2. The topological polar surface area (TPSA) is 109 Å². The molecule has 0 unspecified atom stereocenters. The van der Waals surface area contributed by atoms with Gasteiger partial charge in [0.2, 0.25) is 0 Å². The smallest absolute Gasteiger partial charge is 0.410 e. The zero-order valence-electron chi connectivity index (χ0n) is 17.6. The summed E-state index contributed by atoms with van der Waals surface area (Å²) >= 11 is 0. The molecule has 9 nitrogen and oxygen atoms in total. The van der Waals surface area contributed by atoms with Crippen molar-refractivity contribution in [3.8, 4) is 6.07 Å². The van der Waals surface area contributed by atoms with E-state index in [2.05, 4.69) is 16.0 Å². The Bertz CT molecular complexity index is 982. The van der Waals surface area contributed by atoms with Crippen molar-refractivity contribution in [2.45, 2.75) is 39.2 Å². The van der Waals surface area contributed by atoms with E-state index >= 15 is 0 Å². The summed E-state index contributed by atoms with van der Waals surface area (Å²) in [6.45, 7) is 5.85. The molecule has 0 spiro atoms. The van der Waals surface area contributed by atoms with Gasteiger partial charge in [-0.1, -0.05) is 0 Å². The van der Waals surface area contributed by atoms with E-state index in [9.17, 15) is 14.9 Å². The largest absolute Gasteiger partial charge is 0.444 e. The lowest BCUT2D eigenvalue weighted by molar-refractivity contribution is -0.134. The number of carbonyl (C=O) groups is 2. The predicted octanol–water partition coefficient (Wildman–Crippen LogP) is 3.07. The summed E-state index contributed by atoms with van der Waals surface area (Å²) in [6.07, 6.45) is 3.07. The summed E-state index contributed by atoms with van der Waals surface area (Å²) in [5, 5.41) is 11.0. The number of amides is 2. The summed E-state index contributed by atoms with van der Waals surface area (Å²) in [6, 6.07) is 7.33. The second kappa shape index (κ2) is 8.24. The van der Waals surface area contributed by atoms with Crippen molar-refractivity contribution >= 4 is 28.7 Å². The van der Waals surface area contributed by atoms with Crippen molar-refractivity contribution in [1.29, 1.82) is 5.26 Å². The molecule has 2 amide bonds. The molecular weight excluding hydrogens is 386 g/mol. The second-order valence-corrected chi connectivity index (χ2v) is 8.14. The van der Waals surface area contributed by atoms with E-state index in [1.165, 1.54) is 12.0 Å². The number of likely N-dealkylation sites (tertiary alicyclic amines) is 1. The highest BCUT2D eigenvalue weighted by atomic mass is 16.7. The van der Waals surface area contributed by atoms with Crippen LogP contribution < -0.4 is 5.06 Å². The number of aromatic nitrogens is 2. The van der Waals surface area contributed by atoms with Gasteiger partial charge in [0, 0.05) is 25.5 Å². The van der Waals surface area contributed by atoms with Crippen molar-refractivity contribution in [3.05, 3.63) is 30.6 Å². The average Bonchev–Trinajstić information content (AvgIpc) is 2.73. The summed E-state index contributed by atoms with van der Waals surface area (Å²) < 4.78 is 5.39. The van der Waals surface area contributed by atoms with Crippen LogP contribution in [0.3, 0.4) is 0 Å². The Morgan fingerprint density at radius 2 is 1.90 bits per heavy atom. The maximum atomic E-state index is 13.4. The van der Waals surface area contributed by atoms with Crippen LogP contribution in [0.1, 0.15) is 33.6 Å². The Morgan fingerprint density at radius 1 is 1.20 bits per heavy atom. The molecule has 0 atom stereocenters. The predicted molar refractivity (Wildman–Crippen MR) is 109 cm³/mol. The maximum Gasteiger partial charge on any atom is 0.410 e. The molecule has 30 heavy (non-hydrogen) atoms. The van der Waals surface area contributed by atoms with E-state index < -0.39 is 23.0 Å². The number of carbonyl (C=O) groups excluding carboxylic acids is 2. The highest BCUT2D eigenvalue weighted by Crippen LogP contribution is 2.36. The van der Waals surface area contributed by atoms with E-state index in [0.29, 0.717) is 16.7 Å². The van der Waals surface area contributed by atoms with E-state index in [0.717, 1.165) is 5.06 Å². The molecule has 1 aliphatic rings. The van der Waals surface area contributed by atoms with Crippen LogP contribution in [0, 0.1) is 16.7 Å². The number of ether oxygens (including phenoxy) is 1. The zero-order valence-corrected chi connectivity index (χ0v) is 17.6. The number of pyridine rings is 2. The van der Waals surface area contributed by atoms with E-state index in [4.69, 9.17) is 9.57 Å². The fraction of sp³-hybridized carbons (Fsp3) is 0.476. The molecule has 0 bridgehead atoms. The summed E-state index contributed by atoms with van der Waals surface area (Å²) in [5.74, 6) is -0.491. The molecule has 2 aromatic rings. The average molecular weight is 411 g/mol. The Morgan fingerprint density at radius 3 is 2.50 bits per heavy atom. The number of hydrogen-bond donors (Lipinski definition) is 0. The molecule has 1 fully saturated rings. The SMILES string of the molecule is CON(C(=O)C1(C#N)CCN(C(=O)OC(C)(C)C)CC1)c1ccnc2cccnc12. The fourth-order valence-electron chi connectivity index (χ4n) is 3.39. The van der Waals surface area contributed by atoms with Crippen LogP contribution in [0.4, 0.5) is 10.5 Å². The van der Waals surface area contributed by atoms with E-state index in [-0.39, 0.29) is 25.9 Å². The fourth-order valence-corrected chi connectivity index (χ4v) is 3.39. The first-order chi connectivity index (χ1) is 14.2. The lowest BCUT2D eigenvalue weighted by atomic mass is 9.78. The molecule has 0 aromatic carbocycles. The third-order valence-corrected chi connectivity index (χ3v) is 4.95. The molecule has 2 aromatic heterocycles. The third kappa shape index (κ3) is 4.19. The van der Waals surface area contributed by atoms with Crippen LogP contribution in [0.5, 0.6) is 0 Å². The van der Waals surface area contributed by atoms with Gasteiger partial charge in [-0.15, -0.1) is 0 Å². The van der Waals surface area contributed by atoms with Gasteiger partial charge in [0.15, 0.2) is 0 Å². The van der Waals surface area contributed by atoms with Gasteiger partial charge < -0.3 is 9.64 Å². The van der Waals surface area contributed by atoms with Crippen LogP contribution in [-0.4, -0.2) is 52.7 Å². The van der Waals surface area contributed by atoms with Crippen molar-refractivity contribution in [1.82, 2.24) is 14.9 Å². The Labute approximate surface area is 175 Å².